The minimum Gasteiger partial charge on any atom is -0.494 e. The summed E-state index contributed by atoms with van der Waals surface area (Å²) in [7, 11) is 0. The van der Waals surface area contributed by atoms with Crippen molar-refractivity contribution in [2.24, 2.45) is 4.99 Å². The van der Waals surface area contributed by atoms with Crippen LogP contribution in [0.4, 0.5) is 11.4 Å². The molecular weight excluding hydrogens is 538 g/mol. The number of nitrogens with zero attached hydrogens (tertiary/aromatic N) is 2. The summed E-state index contributed by atoms with van der Waals surface area (Å²) >= 11 is 7.24. The summed E-state index contributed by atoms with van der Waals surface area (Å²) < 4.78 is 10.5. The average molecular weight is 566 g/mol. The normalized spacial score (nSPS) is 16.2. The molecule has 3 aromatic rings. The molecule has 1 N–H and O–H groups in total. The molecule has 1 aliphatic heterocycles. The topological polar surface area (TPSA) is 97.3 Å². The van der Waals surface area contributed by atoms with Crippen molar-refractivity contribution in [1.29, 1.82) is 0 Å². The highest BCUT2D eigenvalue weighted by atomic mass is 35.5. The van der Waals surface area contributed by atoms with Crippen molar-refractivity contribution < 1.29 is 23.9 Å². The number of hydrogen-bond acceptors (Lipinski definition) is 7. The molecule has 0 spiro atoms. The van der Waals surface area contributed by atoms with E-state index in [2.05, 4.69) is 5.32 Å². The van der Waals surface area contributed by atoms with Gasteiger partial charge >= 0.3 is 5.97 Å². The van der Waals surface area contributed by atoms with Gasteiger partial charge in [-0.2, -0.15) is 0 Å². The van der Waals surface area contributed by atoms with Crippen molar-refractivity contribution >= 4 is 57.7 Å². The lowest BCUT2D eigenvalue weighted by Crippen LogP contribution is -2.44. The molecule has 202 valence electrons. The van der Waals surface area contributed by atoms with Gasteiger partial charge in [0.25, 0.3) is 0 Å². The Morgan fingerprint density at radius 1 is 1.00 bits per heavy atom. The monoisotopic (exact) mass is 565 g/mol. The van der Waals surface area contributed by atoms with E-state index in [1.165, 1.54) is 11.8 Å². The Kier molecular flexibility index (Phi) is 9.62. The summed E-state index contributed by atoms with van der Waals surface area (Å²) in [5, 5.41) is 3.19. The van der Waals surface area contributed by atoms with Crippen LogP contribution in [-0.2, 0) is 20.9 Å². The summed E-state index contributed by atoms with van der Waals surface area (Å²) in [6.45, 7) is 4.74. The standard InChI is InChI=1S/C29H28ClN3O5S/c1-3-37-24-15-13-22(14-16-24)31-27(35)25-17-26(34)33(18-19-5-9-21(30)10-6-19)29(39-25)32-23-11-7-20(8-12-23)28(36)38-4-2/h5-16,25H,3-4,17-18H2,1-2H3,(H,31,35)/t25-/m0/s1. The molecule has 0 saturated carbocycles. The van der Waals surface area contributed by atoms with Crippen LogP contribution in [0.1, 0.15) is 36.2 Å². The molecule has 39 heavy (non-hydrogen) atoms. The molecule has 1 heterocycles. The van der Waals surface area contributed by atoms with Gasteiger partial charge in [-0.25, -0.2) is 9.79 Å². The summed E-state index contributed by atoms with van der Waals surface area (Å²) in [6.07, 6.45) is 0.0158. The lowest BCUT2D eigenvalue weighted by atomic mass is 10.2. The zero-order chi connectivity index (χ0) is 27.8. The zero-order valence-corrected chi connectivity index (χ0v) is 23.1. The number of esters is 1. The first-order valence-corrected chi connectivity index (χ1v) is 13.7. The fraction of sp³-hybridized carbons (Fsp3) is 0.241. The molecule has 2 amide bonds. The van der Waals surface area contributed by atoms with Crippen LogP contribution in [0.2, 0.25) is 5.02 Å². The van der Waals surface area contributed by atoms with E-state index in [1.54, 1.807) is 72.5 Å². The molecular formula is C29H28ClN3O5S. The lowest BCUT2D eigenvalue weighted by Gasteiger charge is -2.32. The highest BCUT2D eigenvalue weighted by Gasteiger charge is 2.36. The van der Waals surface area contributed by atoms with Gasteiger partial charge in [0.2, 0.25) is 11.8 Å². The van der Waals surface area contributed by atoms with Crippen molar-refractivity contribution in [2.75, 3.05) is 18.5 Å². The van der Waals surface area contributed by atoms with E-state index in [0.717, 1.165) is 5.56 Å². The maximum absolute atomic E-state index is 13.3. The summed E-state index contributed by atoms with van der Waals surface area (Å²) in [5.74, 6) is -0.236. The van der Waals surface area contributed by atoms with Crippen molar-refractivity contribution in [2.45, 2.75) is 32.1 Å². The lowest BCUT2D eigenvalue weighted by molar-refractivity contribution is -0.129. The van der Waals surface area contributed by atoms with E-state index in [-0.39, 0.29) is 31.4 Å². The number of benzene rings is 3. The number of thioether (sulfide) groups is 1. The number of anilines is 1. The predicted octanol–water partition coefficient (Wildman–Crippen LogP) is 6.08. The number of nitrogens with one attached hydrogen (secondary N) is 1. The van der Waals surface area contributed by atoms with Crippen LogP contribution in [0.25, 0.3) is 0 Å². The molecule has 4 rings (SSSR count). The van der Waals surface area contributed by atoms with E-state index >= 15 is 0 Å². The first-order chi connectivity index (χ1) is 18.9. The van der Waals surface area contributed by atoms with Crippen LogP contribution in [0, 0.1) is 0 Å². The van der Waals surface area contributed by atoms with Crippen LogP contribution in [-0.4, -0.2) is 46.3 Å². The Bertz CT molecular complexity index is 1340. The Labute approximate surface area is 236 Å². The first kappa shape index (κ1) is 28.2. The minimum atomic E-state index is -0.678. The van der Waals surface area contributed by atoms with Gasteiger partial charge in [-0.1, -0.05) is 35.5 Å². The number of halogens is 1. The van der Waals surface area contributed by atoms with Gasteiger partial charge in [0.1, 0.15) is 11.0 Å². The summed E-state index contributed by atoms with van der Waals surface area (Å²) in [6, 6.07) is 20.9. The van der Waals surface area contributed by atoms with Crippen molar-refractivity contribution in [3.05, 3.63) is 88.9 Å². The van der Waals surface area contributed by atoms with Gasteiger partial charge in [0, 0.05) is 17.1 Å². The highest BCUT2D eigenvalue weighted by Crippen LogP contribution is 2.31. The maximum Gasteiger partial charge on any atom is 0.338 e. The Balaban J connectivity index is 1.56. The third-order valence-electron chi connectivity index (χ3n) is 5.72. The molecule has 1 atom stereocenters. The van der Waals surface area contributed by atoms with Gasteiger partial charge in [-0.05, 0) is 80.1 Å². The number of carbonyl (C=O) groups is 3. The first-order valence-electron chi connectivity index (χ1n) is 12.5. The van der Waals surface area contributed by atoms with E-state index in [0.29, 0.717) is 39.5 Å². The van der Waals surface area contributed by atoms with E-state index in [9.17, 15) is 14.4 Å². The number of carbonyl (C=O) groups excluding carboxylic acids is 3. The molecule has 0 aromatic heterocycles. The SMILES string of the molecule is CCOC(=O)c1ccc(N=C2S[C@H](C(=O)Nc3ccc(OCC)cc3)CC(=O)N2Cc2ccc(Cl)cc2)cc1. The minimum absolute atomic E-state index is 0.0158. The summed E-state index contributed by atoms with van der Waals surface area (Å²) in [5.41, 5.74) is 2.41. The van der Waals surface area contributed by atoms with E-state index < -0.39 is 11.2 Å². The molecule has 1 saturated heterocycles. The second-order valence-electron chi connectivity index (χ2n) is 8.53. The molecule has 0 bridgehead atoms. The van der Waals surface area contributed by atoms with Gasteiger partial charge in [-0.3, -0.25) is 14.5 Å². The quantitative estimate of drug-likeness (QED) is 0.316. The van der Waals surface area contributed by atoms with E-state index in [1.807, 2.05) is 19.1 Å². The largest absolute Gasteiger partial charge is 0.494 e. The smallest absolute Gasteiger partial charge is 0.338 e. The average Bonchev–Trinajstić information content (AvgIpc) is 2.93. The van der Waals surface area contributed by atoms with Crippen LogP contribution in [0.15, 0.2) is 77.8 Å². The second-order valence-corrected chi connectivity index (χ2v) is 10.1. The fourth-order valence-electron chi connectivity index (χ4n) is 3.79. The Hall–Kier alpha value is -3.82. The third kappa shape index (κ3) is 7.61. The van der Waals surface area contributed by atoms with Crippen LogP contribution in [0.5, 0.6) is 5.75 Å². The van der Waals surface area contributed by atoms with Crippen molar-refractivity contribution in [1.82, 2.24) is 4.90 Å². The van der Waals surface area contributed by atoms with Crippen LogP contribution >= 0.6 is 23.4 Å². The third-order valence-corrected chi connectivity index (χ3v) is 7.16. The van der Waals surface area contributed by atoms with E-state index in [4.69, 9.17) is 26.1 Å². The molecule has 3 aromatic carbocycles. The number of hydrogen-bond donors (Lipinski definition) is 1. The number of amidine groups is 1. The molecule has 0 radical (unpaired) electrons. The molecule has 0 aliphatic carbocycles. The molecule has 0 unspecified atom stereocenters. The zero-order valence-electron chi connectivity index (χ0n) is 21.6. The second kappa shape index (κ2) is 13.3. The van der Waals surface area contributed by atoms with Gasteiger partial charge < -0.3 is 14.8 Å². The van der Waals surface area contributed by atoms with Crippen molar-refractivity contribution in [3.8, 4) is 5.75 Å². The van der Waals surface area contributed by atoms with Gasteiger partial charge in [-0.15, -0.1) is 0 Å². The number of rotatable bonds is 9. The summed E-state index contributed by atoms with van der Waals surface area (Å²) in [4.78, 5) is 44.7. The molecule has 1 aliphatic rings. The molecule has 1 fully saturated rings. The predicted molar refractivity (Wildman–Crippen MR) is 154 cm³/mol. The van der Waals surface area contributed by atoms with Crippen molar-refractivity contribution in [3.63, 3.8) is 0 Å². The van der Waals surface area contributed by atoms with Gasteiger partial charge in [0.15, 0.2) is 5.17 Å². The molecule has 8 nitrogen and oxygen atoms in total. The van der Waals surface area contributed by atoms with Gasteiger partial charge in [0.05, 0.1) is 31.0 Å². The molecule has 10 heteroatoms. The highest BCUT2D eigenvalue weighted by molar-refractivity contribution is 8.15. The Morgan fingerprint density at radius 2 is 1.69 bits per heavy atom. The maximum atomic E-state index is 13.3. The Morgan fingerprint density at radius 3 is 2.33 bits per heavy atom. The number of ether oxygens (including phenoxy) is 2. The van der Waals surface area contributed by atoms with Crippen LogP contribution < -0.4 is 10.1 Å². The number of aliphatic imine (C=N–C) groups is 1. The fourth-order valence-corrected chi connectivity index (χ4v) is 5.01. The number of amides is 2. The van der Waals surface area contributed by atoms with Crippen LogP contribution in [0.3, 0.4) is 0 Å².